The standard InChI is InChI=1S/C15H26N2O4.C2HF3O2/c1-5-10-7-11(15(20)21)17-13(10)14(16-9(4)18)12(19)6-8(2)3;3-2(4,5)1(6)7/h5,8,10-14,17,19H,1,6-7H2,2-4H3,(H,16,18)(H,20,21);(H,6,7)/t10-,11-,12-,13-,14+;/m1./s1. The van der Waals surface area contributed by atoms with Gasteiger partial charge in [-0.2, -0.15) is 13.2 Å². The molecular weight excluding hydrogens is 385 g/mol. The Bertz CT molecular complexity index is 568. The highest BCUT2D eigenvalue weighted by atomic mass is 19.4. The van der Waals surface area contributed by atoms with Crippen LogP contribution >= 0.6 is 0 Å². The minimum absolute atomic E-state index is 0.107. The average molecular weight is 412 g/mol. The Morgan fingerprint density at radius 2 is 1.79 bits per heavy atom. The summed E-state index contributed by atoms with van der Waals surface area (Å²) in [7, 11) is 0. The van der Waals surface area contributed by atoms with E-state index in [1.54, 1.807) is 6.08 Å². The third kappa shape index (κ3) is 8.70. The number of aliphatic carboxylic acids is 2. The van der Waals surface area contributed by atoms with Crippen LogP contribution < -0.4 is 10.6 Å². The molecule has 1 rings (SSSR count). The van der Waals surface area contributed by atoms with Crippen LogP contribution in [-0.2, 0) is 14.4 Å². The van der Waals surface area contributed by atoms with E-state index in [0.717, 1.165) is 0 Å². The van der Waals surface area contributed by atoms with E-state index in [4.69, 9.17) is 15.0 Å². The molecule has 0 saturated carbocycles. The Balaban J connectivity index is 0.000000887. The predicted octanol–water partition coefficient (Wildman–Crippen LogP) is 1.15. The molecule has 8 nitrogen and oxygen atoms in total. The van der Waals surface area contributed by atoms with Crippen LogP contribution in [0.5, 0.6) is 0 Å². The first-order valence-corrected chi connectivity index (χ1v) is 8.57. The molecule has 1 heterocycles. The molecule has 0 unspecified atom stereocenters. The summed E-state index contributed by atoms with van der Waals surface area (Å²) in [6, 6.07) is -1.54. The number of aliphatic hydroxyl groups is 1. The van der Waals surface area contributed by atoms with Crippen LogP contribution in [0.1, 0.15) is 33.6 Å². The number of hydrogen-bond acceptors (Lipinski definition) is 5. The lowest BCUT2D eigenvalue weighted by molar-refractivity contribution is -0.192. The molecule has 1 aliphatic heterocycles. The quantitative estimate of drug-likeness (QED) is 0.396. The summed E-state index contributed by atoms with van der Waals surface area (Å²) in [4.78, 5) is 31.5. The van der Waals surface area contributed by atoms with E-state index >= 15 is 0 Å². The van der Waals surface area contributed by atoms with Gasteiger partial charge in [-0.3, -0.25) is 14.9 Å². The van der Waals surface area contributed by atoms with Crippen molar-refractivity contribution in [3.8, 4) is 0 Å². The predicted molar refractivity (Wildman–Crippen MR) is 93.4 cm³/mol. The van der Waals surface area contributed by atoms with E-state index in [1.165, 1.54) is 6.92 Å². The fraction of sp³-hybridized carbons (Fsp3) is 0.706. The summed E-state index contributed by atoms with van der Waals surface area (Å²) in [5, 5.41) is 32.4. The Labute approximate surface area is 160 Å². The highest BCUT2D eigenvalue weighted by molar-refractivity contribution is 5.75. The summed E-state index contributed by atoms with van der Waals surface area (Å²) in [6.07, 6.45) is -3.18. The van der Waals surface area contributed by atoms with Crippen molar-refractivity contribution in [1.82, 2.24) is 10.6 Å². The number of amides is 1. The smallest absolute Gasteiger partial charge is 0.480 e. The molecule has 1 saturated heterocycles. The van der Waals surface area contributed by atoms with Gasteiger partial charge in [-0.05, 0) is 24.7 Å². The van der Waals surface area contributed by atoms with Gasteiger partial charge in [0.2, 0.25) is 5.91 Å². The molecule has 11 heteroatoms. The van der Waals surface area contributed by atoms with Crippen molar-refractivity contribution in [3.63, 3.8) is 0 Å². The molecule has 1 fully saturated rings. The summed E-state index contributed by atoms with van der Waals surface area (Å²) >= 11 is 0. The number of carbonyl (C=O) groups excluding carboxylic acids is 1. The number of carboxylic acid groups (broad SMARTS) is 2. The maximum absolute atomic E-state index is 11.4. The second-order valence-corrected chi connectivity index (χ2v) is 6.94. The van der Waals surface area contributed by atoms with E-state index in [-0.39, 0.29) is 23.8 Å². The van der Waals surface area contributed by atoms with E-state index in [9.17, 15) is 27.9 Å². The Morgan fingerprint density at radius 3 is 2.11 bits per heavy atom. The molecule has 1 amide bonds. The second kappa shape index (κ2) is 11.0. The van der Waals surface area contributed by atoms with Gasteiger partial charge in [0, 0.05) is 13.0 Å². The Kier molecular flexibility index (Phi) is 10.2. The van der Waals surface area contributed by atoms with Gasteiger partial charge in [0.05, 0.1) is 12.1 Å². The largest absolute Gasteiger partial charge is 0.490 e. The summed E-state index contributed by atoms with van der Waals surface area (Å²) in [6.45, 7) is 9.11. The number of carbonyl (C=O) groups is 3. The van der Waals surface area contributed by atoms with Crippen LogP contribution in [0, 0.1) is 11.8 Å². The van der Waals surface area contributed by atoms with Crippen LogP contribution in [0.25, 0.3) is 0 Å². The monoisotopic (exact) mass is 412 g/mol. The number of halogens is 3. The van der Waals surface area contributed by atoms with Gasteiger partial charge in [0.15, 0.2) is 0 Å². The summed E-state index contributed by atoms with van der Waals surface area (Å²) in [5.41, 5.74) is 0. The molecule has 0 spiro atoms. The zero-order valence-electron chi connectivity index (χ0n) is 15.9. The number of hydrogen-bond donors (Lipinski definition) is 5. The van der Waals surface area contributed by atoms with Crippen molar-refractivity contribution in [2.24, 2.45) is 11.8 Å². The molecule has 5 atom stereocenters. The molecule has 28 heavy (non-hydrogen) atoms. The minimum atomic E-state index is -5.08. The Morgan fingerprint density at radius 1 is 1.29 bits per heavy atom. The molecule has 0 aliphatic carbocycles. The van der Waals surface area contributed by atoms with Crippen molar-refractivity contribution < 1.29 is 42.9 Å². The third-order valence-electron chi connectivity index (χ3n) is 4.09. The molecule has 5 N–H and O–H groups in total. The number of carboxylic acids is 2. The van der Waals surface area contributed by atoms with Crippen molar-refractivity contribution >= 4 is 17.8 Å². The molecule has 1 aliphatic rings. The van der Waals surface area contributed by atoms with Gasteiger partial charge in [-0.15, -0.1) is 6.58 Å². The van der Waals surface area contributed by atoms with Gasteiger partial charge in [-0.25, -0.2) is 4.79 Å². The Hall–Kier alpha value is -2.14. The van der Waals surface area contributed by atoms with Crippen LogP contribution in [-0.4, -0.2) is 63.6 Å². The number of rotatable bonds is 7. The van der Waals surface area contributed by atoms with Gasteiger partial charge < -0.3 is 20.6 Å². The van der Waals surface area contributed by atoms with Crippen molar-refractivity contribution in [3.05, 3.63) is 12.7 Å². The number of alkyl halides is 3. The molecule has 0 aromatic carbocycles. The molecule has 0 aromatic rings. The van der Waals surface area contributed by atoms with E-state index in [0.29, 0.717) is 12.8 Å². The summed E-state index contributed by atoms with van der Waals surface area (Å²) in [5.74, 6) is -3.76. The zero-order valence-corrected chi connectivity index (χ0v) is 15.9. The lowest BCUT2D eigenvalue weighted by Crippen LogP contribution is -2.57. The fourth-order valence-corrected chi connectivity index (χ4v) is 2.92. The molecule has 0 bridgehead atoms. The number of aliphatic hydroxyl groups excluding tert-OH is 1. The summed E-state index contributed by atoms with van der Waals surface area (Å²) < 4.78 is 31.7. The first-order valence-electron chi connectivity index (χ1n) is 8.57. The average Bonchev–Trinajstić information content (AvgIpc) is 2.95. The highest BCUT2D eigenvalue weighted by Gasteiger charge is 2.42. The first-order chi connectivity index (χ1) is 12.7. The van der Waals surface area contributed by atoms with E-state index < -0.39 is 36.3 Å². The first kappa shape index (κ1) is 25.9. The third-order valence-corrected chi connectivity index (χ3v) is 4.09. The molecule has 0 radical (unpaired) electrons. The van der Waals surface area contributed by atoms with Gasteiger partial charge >= 0.3 is 18.1 Å². The minimum Gasteiger partial charge on any atom is -0.480 e. The molecule has 162 valence electrons. The lowest BCUT2D eigenvalue weighted by Gasteiger charge is -2.32. The van der Waals surface area contributed by atoms with Gasteiger partial charge in [0.1, 0.15) is 6.04 Å². The van der Waals surface area contributed by atoms with Crippen LogP contribution in [0.15, 0.2) is 12.7 Å². The highest BCUT2D eigenvalue weighted by Crippen LogP contribution is 2.27. The van der Waals surface area contributed by atoms with Crippen molar-refractivity contribution in [2.45, 2.75) is 64.0 Å². The van der Waals surface area contributed by atoms with E-state index in [2.05, 4.69) is 17.2 Å². The maximum Gasteiger partial charge on any atom is 0.490 e. The zero-order chi connectivity index (χ0) is 22.2. The normalized spacial score (nSPS) is 23.9. The maximum atomic E-state index is 11.4. The van der Waals surface area contributed by atoms with Crippen LogP contribution in [0.4, 0.5) is 13.2 Å². The van der Waals surface area contributed by atoms with Crippen molar-refractivity contribution in [2.75, 3.05) is 0 Å². The van der Waals surface area contributed by atoms with Crippen LogP contribution in [0.2, 0.25) is 0 Å². The topological polar surface area (TPSA) is 136 Å². The lowest BCUT2D eigenvalue weighted by atomic mass is 9.88. The SMILES string of the molecule is C=C[C@@H]1C[C@H](C(=O)O)N[C@H]1[C@@H](NC(C)=O)[C@H](O)CC(C)C.O=C(O)C(F)(F)F. The number of nitrogens with one attached hydrogen (secondary N) is 2. The second-order valence-electron chi connectivity index (χ2n) is 6.94. The molecular formula is C17H27F3N2O6. The fourth-order valence-electron chi connectivity index (χ4n) is 2.92. The van der Waals surface area contributed by atoms with E-state index in [1.807, 2.05) is 13.8 Å². The van der Waals surface area contributed by atoms with Crippen molar-refractivity contribution in [1.29, 1.82) is 0 Å². The van der Waals surface area contributed by atoms with Crippen LogP contribution in [0.3, 0.4) is 0 Å². The van der Waals surface area contributed by atoms with Gasteiger partial charge in [0.25, 0.3) is 0 Å². The molecule has 0 aromatic heterocycles. The van der Waals surface area contributed by atoms with Gasteiger partial charge in [-0.1, -0.05) is 19.9 Å².